The smallest absolute Gasteiger partial charge is 0.261 e. The van der Waals surface area contributed by atoms with Gasteiger partial charge < -0.3 is 0 Å². The minimum absolute atomic E-state index is 0.0439. The van der Waals surface area contributed by atoms with Gasteiger partial charge in [0.2, 0.25) is 10.0 Å². The molecule has 0 aromatic heterocycles. The fraction of sp³-hybridized carbons (Fsp3) is 0. The Morgan fingerprint density at radius 2 is 1.29 bits per heavy atom. The summed E-state index contributed by atoms with van der Waals surface area (Å²) < 4.78 is 48.7. The van der Waals surface area contributed by atoms with Gasteiger partial charge in [0.25, 0.3) is 10.0 Å². The number of hydrogen-bond acceptors (Lipinski definition) is 4. The summed E-state index contributed by atoms with van der Waals surface area (Å²) in [6.07, 6.45) is 0. The predicted molar refractivity (Wildman–Crippen MR) is 80.1 cm³/mol. The molecule has 0 spiro atoms. The van der Waals surface area contributed by atoms with E-state index in [4.69, 9.17) is 16.7 Å². The number of nitrogens with two attached hydrogens (primary N) is 1. The van der Waals surface area contributed by atoms with Crippen molar-refractivity contribution in [1.29, 1.82) is 0 Å². The van der Waals surface area contributed by atoms with Crippen LogP contribution in [-0.4, -0.2) is 16.8 Å². The number of rotatable bonds is 4. The van der Waals surface area contributed by atoms with Crippen LogP contribution >= 0.6 is 11.6 Å². The topological polar surface area (TPSA) is 106 Å². The van der Waals surface area contributed by atoms with Gasteiger partial charge in [-0.25, -0.2) is 22.0 Å². The molecule has 0 unspecified atom stereocenters. The molecule has 0 atom stereocenters. The molecule has 0 amide bonds. The molecule has 6 nitrogen and oxygen atoms in total. The Hall–Kier alpha value is -1.61. The molecule has 2 aromatic rings. The molecule has 2 aromatic carbocycles. The number of sulfonamides is 2. The van der Waals surface area contributed by atoms with Crippen molar-refractivity contribution in [2.24, 2.45) is 5.14 Å². The van der Waals surface area contributed by atoms with Gasteiger partial charge in [-0.05, 0) is 48.5 Å². The lowest BCUT2D eigenvalue weighted by molar-refractivity contribution is 0.597. The number of nitrogens with one attached hydrogen (secondary N) is 1. The van der Waals surface area contributed by atoms with Crippen LogP contribution in [-0.2, 0) is 20.0 Å². The van der Waals surface area contributed by atoms with E-state index in [9.17, 15) is 16.8 Å². The van der Waals surface area contributed by atoms with E-state index < -0.39 is 20.0 Å². The van der Waals surface area contributed by atoms with Gasteiger partial charge in [-0.15, -0.1) is 0 Å². The van der Waals surface area contributed by atoms with Gasteiger partial charge in [0.05, 0.1) is 9.79 Å². The summed E-state index contributed by atoms with van der Waals surface area (Å²) in [6.45, 7) is 0. The average Bonchev–Trinajstić information content (AvgIpc) is 2.38. The molecule has 0 heterocycles. The van der Waals surface area contributed by atoms with Crippen LogP contribution in [0.15, 0.2) is 58.3 Å². The zero-order valence-corrected chi connectivity index (χ0v) is 12.9. The number of hydrogen-bond donors (Lipinski definition) is 2. The lowest BCUT2D eigenvalue weighted by Gasteiger charge is -2.08. The molecule has 2 rings (SSSR count). The third-order valence-electron chi connectivity index (χ3n) is 2.56. The molecule has 0 saturated carbocycles. The third kappa shape index (κ3) is 3.94. The predicted octanol–water partition coefficient (Wildman–Crippen LogP) is 1.79. The fourth-order valence-electron chi connectivity index (χ4n) is 1.54. The van der Waals surface area contributed by atoms with Gasteiger partial charge in [-0.1, -0.05) is 11.6 Å². The normalized spacial score (nSPS) is 12.1. The molecule has 0 radical (unpaired) electrons. The Balaban J connectivity index is 2.27. The molecule has 21 heavy (non-hydrogen) atoms. The molecule has 3 N–H and O–H groups in total. The summed E-state index contributed by atoms with van der Waals surface area (Å²) >= 11 is 5.70. The summed E-state index contributed by atoms with van der Waals surface area (Å²) in [5.74, 6) is 0. The molecule has 9 heteroatoms. The molecule has 0 bridgehead atoms. The van der Waals surface area contributed by atoms with Crippen LogP contribution in [0.1, 0.15) is 0 Å². The van der Waals surface area contributed by atoms with Crippen molar-refractivity contribution in [3.8, 4) is 0 Å². The monoisotopic (exact) mass is 346 g/mol. The van der Waals surface area contributed by atoms with E-state index in [1.54, 1.807) is 0 Å². The van der Waals surface area contributed by atoms with Gasteiger partial charge in [-0.2, -0.15) is 0 Å². The van der Waals surface area contributed by atoms with Crippen molar-refractivity contribution in [3.05, 3.63) is 53.6 Å². The van der Waals surface area contributed by atoms with Gasteiger partial charge >= 0.3 is 0 Å². The standard InChI is InChI=1S/C12H11ClN2O4S2/c13-9-1-5-12(6-2-9)21(18,19)15-10-3-7-11(8-4-10)20(14,16)17/h1-8,15H,(H2,14,16,17). The lowest BCUT2D eigenvalue weighted by Crippen LogP contribution is -2.14. The van der Waals surface area contributed by atoms with Crippen LogP contribution < -0.4 is 9.86 Å². The minimum atomic E-state index is -3.81. The molecule has 112 valence electrons. The zero-order chi connectivity index (χ0) is 15.7. The highest BCUT2D eigenvalue weighted by Gasteiger charge is 2.14. The van der Waals surface area contributed by atoms with Crippen molar-refractivity contribution in [1.82, 2.24) is 0 Å². The van der Waals surface area contributed by atoms with Gasteiger partial charge in [0.15, 0.2) is 0 Å². The molecular weight excluding hydrogens is 336 g/mol. The Morgan fingerprint density at radius 3 is 1.76 bits per heavy atom. The summed E-state index contributed by atoms with van der Waals surface area (Å²) in [5.41, 5.74) is 0.220. The van der Waals surface area contributed by atoms with Crippen LogP contribution in [0, 0.1) is 0 Å². The first-order valence-corrected chi connectivity index (χ1v) is 9.00. The first-order chi connectivity index (χ1) is 9.68. The molecule has 0 aliphatic rings. The maximum Gasteiger partial charge on any atom is 0.261 e. The summed E-state index contributed by atoms with van der Waals surface area (Å²) in [4.78, 5) is -0.0561. The Labute approximate surface area is 127 Å². The first kappa shape index (κ1) is 15.8. The SMILES string of the molecule is NS(=O)(=O)c1ccc(NS(=O)(=O)c2ccc(Cl)cc2)cc1. The zero-order valence-electron chi connectivity index (χ0n) is 10.5. The van der Waals surface area contributed by atoms with Crippen molar-refractivity contribution >= 4 is 37.3 Å². The highest BCUT2D eigenvalue weighted by atomic mass is 35.5. The number of primary sulfonamides is 1. The number of halogens is 1. The molecular formula is C12H11ClN2O4S2. The lowest BCUT2D eigenvalue weighted by atomic mass is 10.3. The first-order valence-electron chi connectivity index (χ1n) is 5.60. The maximum atomic E-state index is 12.1. The van der Waals surface area contributed by atoms with Crippen LogP contribution in [0.5, 0.6) is 0 Å². The largest absolute Gasteiger partial charge is 0.280 e. The van der Waals surface area contributed by atoms with Gasteiger partial charge in [-0.3, -0.25) is 4.72 Å². The second-order valence-electron chi connectivity index (χ2n) is 4.13. The van der Waals surface area contributed by atoms with Crippen molar-refractivity contribution in [2.45, 2.75) is 9.79 Å². The Morgan fingerprint density at radius 1 is 0.810 bits per heavy atom. The van der Waals surface area contributed by atoms with Crippen LogP contribution in [0.3, 0.4) is 0 Å². The highest BCUT2D eigenvalue weighted by Crippen LogP contribution is 2.19. The second kappa shape index (κ2) is 5.64. The highest BCUT2D eigenvalue weighted by molar-refractivity contribution is 7.92. The van der Waals surface area contributed by atoms with Crippen LogP contribution in [0.25, 0.3) is 0 Å². The van der Waals surface area contributed by atoms with Gasteiger partial charge in [0.1, 0.15) is 0 Å². The number of benzene rings is 2. The van der Waals surface area contributed by atoms with E-state index in [1.165, 1.54) is 48.5 Å². The van der Waals surface area contributed by atoms with Gasteiger partial charge in [0, 0.05) is 10.7 Å². The maximum absolute atomic E-state index is 12.1. The molecule has 0 saturated heterocycles. The van der Waals surface area contributed by atoms with E-state index >= 15 is 0 Å². The van der Waals surface area contributed by atoms with Crippen molar-refractivity contribution in [2.75, 3.05) is 4.72 Å². The van der Waals surface area contributed by atoms with E-state index in [2.05, 4.69) is 4.72 Å². The van der Waals surface area contributed by atoms with E-state index in [1.807, 2.05) is 0 Å². The van der Waals surface area contributed by atoms with E-state index in [0.717, 1.165) is 0 Å². The molecule has 0 fully saturated rings. The fourth-order valence-corrected chi connectivity index (χ4v) is 3.24. The minimum Gasteiger partial charge on any atom is -0.280 e. The van der Waals surface area contributed by atoms with Crippen LogP contribution in [0.4, 0.5) is 5.69 Å². The van der Waals surface area contributed by atoms with Crippen LogP contribution in [0.2, 0.25) is 5.02 Å². The molecule has 0 aliphatic carbocycles. The average molecular weight is 347 g/mol. The number of anilines is 1. The Bertz CT molecular complexity index is 845. The van der Waals surface area contributed by atoms with E-state index in [-0.39, 0.29) is 15.5 Å². The van der Waals surface area contributed by atoms with Crippen molar-refractivity contribution < 1.29 is 16.8 Å². The van der Waals surface area contributed by atoms with Crippen molar-refractivity contribution in [3.63, 3.8) is 0 Å². The summed E-state index contributed by atoms with van der Waals surface area (Å²) in [7, 11) is -7.58. The van der Waals surface area contributed by atoms with E-state index in [0.29, 0.717) is 5.02 Å². The summed E-state index contributed by atoms with van der Waals surface area (Å²) in [6, 6.07) is 10.7. The molecule has 0 aliphatic heterocycles. The third-order valence-corrected chi connectivity index (χ3v) is 5.14. The second-order valence-corrected chi connectivity index (χ2v) is 7.81. The Kier molecular flexibility index (Phi) is 4.24. The summed E-state index contributed by atoms with van der Waals surface area (Å²) in [5, 5.41) is 5.38. The quantitative estimate of drug-likeness (QED) is 0.880.